The number of hydrogen-bond donors (Lipinski definition) is 0. The molecule has 24 heteroatoms. The van der Waals surface area contributed by atoms with Crippen LogP contribution < -0.4 is 0 Å². The van der Waals surface area contributed by atoms with Gasteiger partial charge in [0.05, 0.1) is 19.8 Å². The number of esters is 8. The van der Waals surface area contributed by atoms with Crippen molar-refractivity contribution in [3.63, 3.8) is 0 Å². The van der Waals surface area contributed by atoms with E-state index in [9.17, 15) is 38.4 Å². The second-order valence-electron chi connectivity index (χ2n) is 17.7. The Hall–Kier alpha value is -5.86. The Morgan fingerprint density at radius 1 is 0.431 bits per heavy atom. The molecule has 4 saturated heterocycles. The molecule has 0 spiro atoms. The maximum absolute atomic E-state index is 12.6. The monoisotopic (exact) mass is 1020 g/mol. The van der Waals surface area contributed by atoms with Crippen molar-refractivity contribution in [2.75, 3.05) is 19.8 Å². The molecule has 6 rings (SSSR count). The minimum atomic E-state index is -1.71. The van der Waals surface area contributed by atoms with Crippen LogP contribution in [0.15, 0.2) is 42.5 Å². The molecule has 0 aromatic heterocycles. The van der Waals surface area contributed by atoms with Crippen LogP contribution in [-0.2, 0) is 121 Å². The van der Waals surface area contributed by atoms with Crippen LogP contribution in [-0.4, -0.2) is 165 Å². The topological polar surface area (TPSA) is 284 Å². The van der Waals surface area contributed by atoms with Gasteiger partial charge in [-0.05, 0) is 36.2 Å². The van der Waals surface area contributed by atoms with Crippen molar-refractivity contribution in [1.82, 2.24) is 0 Å². The molecule has 24 nitrogen and oxygen atoms in total. The molecule has 4 aliphatic rings. The maximum Gasteiger partial charge on any atom is 0.305 e. The van der Waals surface area contributed by atoms with E-state index in [0.29, 0.717) is 0 Å². The van der Waals surface area contributed by atoms with Crippen LogP contribution >= 0.6 is 0 Å². The number of rotatable bonds is 18. The highest BCUT2D eigenvalue weighted by atomic mass is 16.8. The van der Waals surface area contributed by atoms with E-state index in [0.717, 1.165) is 71.7 Å². The molecule has 4 aliphatic heterocycles. The fourth-order valence-corrected chi connectivity index (χ4v) is 8.75. The van der Waals surface area contributed by atoms with E-state index in [4.69, 9.17) is 75.8 Å². The van der Waals surface area contributed by atoms with Gasteiger partial charge in [0.15, 0.2) is 48.9 Å². The summed E-state index contributed by atoms with van der Waals surface area (Å²) in [7, 11) is 0. The summed E-state index contributed by atoms with van der Waals surface area (Å²) in [6.07, 6.45) is -21.2. The molecule has 1 unspecified atom stereocenters. The highest BCUT2D eigenvalue weighted by Gasteiger charge is 2.59. The molecule has 15 atom stereocenters. The van der Waals surface area contributed by atoms with E-state index in [2.05, 4.69) is 0 Å². The first-order valence-corrected chi connectivity index (χ1v) is 23.0. The van der Waals surface area contributed by atoms with Gasteiger partial charge in [0.1, 0.15) is 43.2 Å². The van der Waals surface area contributed by atoms with Gasteiger partial charge in [-0.1, -0.05) is 36.4 Å². The van der Waals surface area contributed by atoms with Crippen LogP contribution in [0.5, 0.6) is 0 Å². The van der Waals surface area contributed by atoms with Gasteiger partial charge in [-0.25, -0.2) is 0 Å². The van der Waals surface area contributed by atoms with Gasteiger partial charge in [-0.15, -0.1) is 0 Å². The van der Waals surface area contributed by atoms with E-state index in [1.165, 1.54) is 0 Å². The second kappa shape index (κ2) is 24.2. The Balaban J connectivity index is 1.36. The first kappa shape index (κ1) is 55.5. The van der Waals surface area contributed by atoms with Crippen molar-refractivity contribution in [1.29, 1.82) is 0 Å². The van der Waals surface area contributed by atoms with Crippen LogP contribution in [0.3, 0.4) is 0 Å². The number of carbonyl (C=O) groups excluding carboxylic acids is 8. The molecule has 4 fully saturated rings. The summed E-state index contributed by atoms with van der Waals surface area (Å²) < 4.78 is 95.1. The van der Waals surface area contributed by atoms with E-state index < -0.39 is 165 Å². The average molecular weight is 1020 g/mol. The molecule has 0 saturated carbocycles. The van der Waals surface area contributed by atoms with Crippen molar-refractivity contribution in [3.8, 4) is 0 Å². The molecule has 2 aromatic rings. The van der Waals surface area contributed by atoms with Crippen molar-refractivity contribution in [3.05, 3.63) is 48.0 Å². The van der Waals surface area contributed by atoms with Gasteiger partial charge < -0.3 is 75.8 Å². The Labute approximate surface area is 413 Å². The molecule has 0 aliphatic carbocycles. The zero-order chi connectivity index (χ0) is 52.6. The van der Waals surface area contributed by atoms with E-state index in [1.807, 2.05) is 42.5 Å². The number of hydrogen-bond acceptors (Lipinski definition) is 24. The molecule has 4 heterocycles. The number of carbonyl (C=O) groups is 8. The third kappa shape index (κ3) is 14.6. The summed E-state index contributed by atoms with van der Waals surface area (Å²) in [6, 6.07) is 13.5. The molecule has 72 heavy (non-hydrogen) atoms. The summed E-state index contributed by atoms with van der Waals surface area (Å²) >= 11 is 0. The van der Waals surface area contributed by atoms with Crippen LogP contribution in [0.25, 0.3) is 10.8 Å². The van der Waals surface area contributed by atoms with Crippen LogP contribution in [0.1, 0.15) is 74.8 Å². The highest BCUT2D eigenvalue weighted by Crippen LogP contribution is 2.41. The zero-order valence-electron chi connectivity index (χ0n) is 41.3. The Morgan fingerprint density at radius 2 is 0.861 bits per heavy atom. The lowest BCUT2D eigenvalue weighted by atomic mass is 9.97. The summed E-state index contributed by atoms with van der Waals surface area (Å²) in [6.45, 7) is 10.4. The van der Waals surface area contributed by atoms with Crippen LogP contribution in [0.2, 0.25) is 0 Å². The van der Waals surface area contributed by atoms with Crippen LogP contribution in [0.4, 0.5) is 0 Å². The zero-order valence-corrected chi connectivity index (χ0v) is 41.3. The molecule has 0 radical (unpaired) electrons. The standard InChI is InChI=1S/C48H60O24/c1-22(49)57-19-33-36(61-23(2)50)39(63-25(4)52)43(65-27(6)54)46(68-33)60-21-35-38-41(72-48(9,10)71-38)42(58-18-30-15-16-31-13-11-12-14-32(31)17-30)45(69-35)59-20-34-37(62-24(3)51)40(64-26(5)53)44(66-28(7)55)47(70-34)67-29(8)56/h11-17,33-47H,18-21H2,1-10H3/t33-,34-,35-,36+,37+,38+,39+,40+,41+,42-,43-,44-,45-,46-,47?/m1/s1. The van der Waals surface area contributed by atoms with Crippen molar-refractivity contribution >= 4 is 58.5 Å². The van der Waals surface area contributed by atoms with Gasteiger partial charge in [-0.3, -0.25) is 38.4 Å². The first-order valence-electron chi connectivity index (χ1n) is 23.0. The summed E-state index contributed by atoms with van der Waals surface area (Å²) in [4.78, 5) is 99.2. The van der Waals surface area contributed by atoms with E-state index in [-0.39, 0.29) is 6.61 Å². The lowest BCUT2D eigenvalue weighted by Gasteiger charge is -2.46. The third-order valence-electron chi connectivity index (χ3n) is 11.3. The van der Waals surface area contributed by atoms with Gasteiger partial charge in [0.25, 0.3) is 0 Å². The fraction of sp³-hybridized carbons (Fsp3) is 0.625. The fourth-order valence-electron chi connectivity index (χ4n) is 8.75. The minimum Gasteiger partial charge on any atom is -0.463 e. The molecule has 0 bridgehead atoms. The molecule has 0 N–H and O–H groups in total. The second-order valence-corrected chi connectivity index (χ2v) is 17.7. The van der Waals surface area contributed by atoms with Crippen LogP contribution in [0, 0.1) is 0 Å². The number of ether oxygens (including phenoxy) is 16. The van der Waals surface area contributed by atoms with Gasteiger partial charge in [0.2, 0.25) is 12.4 Å². The van der Waals surface area contributed by atoms with Crippen molar-refractivity contribution in [2.45, 2.75) is 174 Å². The van der Waals surface area contributed by atoms with E-state index in [1.54, 1.807) is 13.8 Å². The Bertz CT molecular complexity index is 2300. The average Bonchev–Trinajstić information content (AvgIpc) is 3.61. The smallest absolute Gasteiger partial charge is 0.305 e. The minimum absolute atomic E-state index is 0.0131. The summed E-state index contributed by atoms with van der Waals surface area (Å²) in [5.74, 6) is -8.01. The lowest BCUT2D eigenvalue weighted by molar-refractivity contribution is -0.338. The normalized spacial score (nSPS) is 31.7. The Morgan fingerprint density at radius 3 is 1.40 bits per heavy atom. The largest absolute Gasteiger partial charge is 0.463 e. The van der Waals surface area contributed by atoms with Gasteiger partial charge >= 0.3 is 47.8 Å². The summed E-state index contributed by atoms with van der Waals surface area (Å²) in [5, 5.41) is 1.93. The number of fused-ring (bicyclic) bond motifs is 2. The Kier molecular flexibility index (Phi) is 18.7. The third-order valence-corrected chi connectivity index (χ3v) is 11.3. The highest BCUT2D eigenvalue weighted by molar-refractivity contribution is 5.83. The maximum atomic E-state index is 12.6. The van der Waals surface area contributed by atoms with Gasteiger partial charge in [-0.2, -0.15) is 0 Å². The molecular weight excluding hydrogens is 961 g/mol. The van der Waals surface area contributed by atoms with Crippen molar-refractivity contribution < 1.29 is 114 Å². The predicted molar refractivity (Wildman–Crippen MR) is 236 cm³/mol. The quantitative estimate of drug-likeness (QED) is 0.153. The van der Waals surface area contributed by atoms with Crippen molar-refractivity contribution in [2.24, 2.45) is 0 Å². The number of benzene rings is 2. The van der Waals surface area contributed by atoms with E-state index >= 15 is 0 Å². The first-order chi connectivity index (χ1) is 34.0. The molecular formula is C48H60O24. The SMILES string of the molecule is CC(=O)OC[C@H]1O[C@@H](OC[C@H]2O[C@@H](OC[C@H]3OC(OC(C)=O)[C@H](OC(C)=O)[C@@H](OC(C)=O)[C@H]3OC(C)=O)[C@H](OCc3ccc4ccccc4c3)[C@H]3OC(C)(C)O[C@H]32)[C@H](OC(C)=O)[C@@H](OC(C)=O)[C@H]1OC(C)=O. The predicted octanol–water partition coefficient (Wildman–Crippen LogP) is 2.17. The molecule has 2 aromatic carbocycles. The molecule has 0 amide bonds. The van der Waals surface area contributed by atoms with Gasteiger partial charge in [0, 0.05) is 55.4 Å². The summed E-state index contributed by atoms with van der Waals surface area (Å²) in [5.41, 5.74) is 0.756. The molecule has 396 valence electrons. The lowest BCUT2D eigenvalue weighted by Crippen LogP contribution is -2.64.